The first-order valence-electron chi connectivity index (χ1n) is 8.26. The van der Waals surface area contributed by atoms with Crippen LogP contribution in [0.1, 0.15) is 56.4 Å². The molecule has 1 heterocycles. The summed E-state index contributed by atoms with van der Waals surface area (Å²) < 4.78 is 24.6. The van der Waals surface area contributed by atoms with Gasteiger partial charge in [-0.2, -0.15) is 0 Å². The van der Waals surface area contributed by atoms with Crippen molar-refractivity contribution in [3.05, 3.63) is 0 Å². The number of ether oxygens (including phenoxy) is 5. The maximum absolute atomic E-state index is 12.2. The van der Waals surface area contributed by atoms with Gasteiger partial charge in [0, 0.05) is 0 Å². The number of fused-ring (bicyclic) bond motifs is 1. The summed E-state index contributed by atoms with van der Waals surface area (Å²) in [5.74, 6) is -4.25. The van der Waals surface area contributed by atoms with Gasteiger partial charge < -0.3 is 23.7 Å². The molecule has 0 aromatic heterocycles. The van der Waals surface area contributed by atoms with Crippen LogP contribution in [0.4, 0.5) is 0 Å². The summed E-state index contributed by atoms with van der Waals surface area (Å²) in [4.78, 5) is 47.1. The Bertz CT molecular complexity index is 486. The van der Waals surface area contributed by atoms with Crippen molar-refractivity contribution in [3.63, 3.8) is 0 Å². The molecule has 9 nitrogen and oxygen atoms in total. The lowest BCUT2D eigenvalue weighted by molar-refractivity contribution is -0.169. The van der Waals surface area contributed by atoms with Crippen molar-refractivity contribution in [1.29, 1.82) is 0 Å². The Morgan fingerprint density at radius 1 is 0.690 bits per heavy atom. The third kappa shape index (κ3) is 9.25. The molecule has 1 saturated heterocycles. The second-order valence-corrected chi connectivity index (χ2v) is 5.72. The largest absolute Gasteiger partial charge is 0.463 e. The molecule has 0 bridgehead atoms. The van der Waals surface area contributed by atoms with Gasteiger partial charge in [-0.15, -0.1) is 0 Å². The minimum Gasteiger partial charge on any atom is -0.463 e. The molecular formula is C20H38O9. The van der Waals surface area contributed by atoms with Gasteiger partial charge in [-0.25, -0.2) is 9.59 Å². The quantitative estimate of drug-likeness (QED) is 0.330. The number of epoxide rings is 1. The fourth-order valence-corrected chi connectivity index (χ4v) is 2.82. The summed E-state index contributed by atoms with van der Waals surface area (Å²) in [6, 6.07) is 0. The standard InChI is InChI=1S/C16H22O9.4CH4/c1-3-21-13(17)7-23-15(19)9-5-11-12(25-11)6-10(9)16(20)24-8-14(18)22-4-2;;;;/h9-12H,3-8H2,1-2H3;4*1H4. The molecule has 1 aliphatic carbocycles. The van der Waals surface area contributed by atoms with E-state index in [1.165, 1.54) is 0 Å². The highest BCUT2D eigenvalue weighted by Gasteiger charge is 2.53. The number of hydrogen-bond donors (Lipinski definition) is 0. The second kappa shape index (κ2) is 14.8. The van der Waals surface area contributed by atoms with Crippen molar-refractivity contribution >= 4 is 23.9 Å². The molecule has 172 valence electrons. The SMILES string of the molecule is C.C.C.C.CCOC(=O)COC(=O)C1CC2OC2CC1C(=O)OCC(=O)OCC. The first kappa shape index (κ1) is 31.5. The molecule has 1 saturated carbocycles. The van der Waals surface area contributed by atoms with Gasteiger partial charge in [0.2, 0.25) is 0 Å². The zero-order valence-corrected chi connectivity index (χ0v) is 14.2. The van der Waals surface area contributed by atoms with Crippen LogP contribution in [0.3, 0.4) is 0 Å². The molecule has 0 N–H and O–H groups in total. The fraction of sp³-hybridized carbons (Fsp3) is 0.800. The van der Waals surface area contributed by atoms with E-state index >= 15 is 0 Å². The van der Waals surface area contributed by atoms with Gasteiger partial charge in [0.15, 0.2) is 13.2 Å². The summed E-state index contributed by atoms with van der Waals surface area (Å²) in [6.07, 6.45) is 0.445. The maximum Gasteiger partial charge on any atom is 0.344 e. The molecule has 0 radical (unpaired) electrons. The van der Waals surface area contributed by atoms with Gasteiger partial charge in [0.1, 0.15) is 0 Å². The summed E-state index contributed by atoms with van der Waals surface area (Å²) >= 11 is 0. The van der Waals surface area contributed by atoms with E-state index in [9.17, 15) is 19.2 Å². The van der Waals surface area contributed by atoms with Crippen molar-refractivity contribution in [2.45, 2.75) is 68.6 Å². The van der Waals surface area contributed by atoms with Crippen molar-refractivity contribution in [3.8, 4) is 0 Å². The molecule has 1 aliphatic heterocycles. The molecule has 0 aromatic carbocycles. The molecule has 0 amide bonds. The van der Waals surface area contributed by atoms with Crippen LogP contribution in [0.25, 0.3) is 0 Å². The lowest BCUT2D eigenvalue weighted by Crippen LogP contribution is -2.38. The number of esters is 4. The Morgan fingerprint density at radius 2 is 1.03 bits per heavy atom. The van der Waals surface area contributed by atoms with Gasteiger partial charge in [-0.3, -0.25) is 9.59 Å². The van der Waals surface area contributed by atoms with Crippen molar-refractivity contribution in [1.82, 2.24) is 0 Å². The van der Waals surface area contributed by atoms with Gasteiger partial charge >= 0.3 is 23.9 Å². The highest BCUT2D eigenvalue weighted by atomic mass is 16.6. The second-order valence-electron chi connectivity index (χ2n) is 5.72. The zero-order valence-electron chi connectivity index (χ0n) is 14.2. The lowest BCUT2D eigenvalue weighted by atomic mass is 9.79. The Hall–Kier alpha value is -2.16. The van der Waals surface area contributed by atoms with Crippen molar-refractivity contribution in [2.24, 2.45) is 11.8 Å². The van der Waals surface area contributed by atoms with Crippen LogP contribution in [-0.2, 0) is 42.9 Å². The molecule has 2 aliphatic rings. The topological polar surface area (TPSA) is 118 Å². The molecule has 0 spiro atoms. The van der Waals surface area contributed by atoms with Crippen molar-refractivity contribution in [2.75, 3.05) is 26.4 Å². The van der Waals surface area contributed by atoms with Crippen LogP contribution in [0.5, 0.6) is 0 Å². The van der Waals surface area contributed by atoms with E-state index in [0.717, 1.165) is 0 Å². The van der Waals surface area contributed by atoms with Gasteiger partial charge in [0.05, 0.1) is 37.3 Å². The average molecular weight is 423 g/mol. The summed E-state index contributed by atoms with van der Waals surface area (Å²) in [5.41, 5.74) is 0. The predicted molar refractivity (Wildman–Crippen MR) is 107 cm³/mol. The van der Waals surface area contributed by atoms with Crippen LogP contribution in [0.15, 0.2) is 0 Å². The highest BCUT2D eigenvalue weighted by molar-refractivity contribution is 5.85. The van der Waals surface area contributed by atoms with E-state index in [2.05, 4.69) is 9.47 Å². The Kier molecular flexibility index (Phi) is 16.1. The highest BCUT2D eigenvalue weighted by Crippen LogP contribution is 2.43. The average Bonchev–Trinajstić information content (AvgIpc) is 3.35. The molecule has 4 atom stereocenters. The predicted octanol–water partition coefficient (Wildman–Crippen LogP) is 2.54. The number of hydrogen-bond acceptors (Lipinski definition) is 9. The Morgan fingerprint density at radius 3 is 1.34 bits per heavy atom. The first-order chi connectivity index (χ1) is 12.0. The van der Waals surface area contributed by atoms with E-state index < -0.39 is 48.9 Å². The van der Waals surface area contributed by atoms with E-state index in [-0.39, 0.29) is 55.1 Å². The molecule has 29 heavy (non-hydrogen) atoms. The third-order valence-electron chi connectivity index (χ3n) is 4.03. The minimum absolute atomic E-state index is 0. The van der Waals surface area contributed by atoms with E-state index in [0.29, 0.717) is 12.8 Å². The zero-order chi connectivity index (χ0) is 18.4. The molecule has 0 aromatic rings. The number of carbonyl (C=O) groups is 4. The molecule has 9 heteroatoms. The van der Waals surface area contributed by atoms with E-state index in [4.69, 9.17) is 14.2 Å². The van der Waals surface area contributed by atoms with Crippen LogP contribution in [0.2, 0.25) is 0 Å². The van der Waals surface area contributed by atoms with Gasteiger partial charge in [0.25, 0.3) is 0 Å². The lowest BCUT2D eigenvalue weighted by Gasteiger charge is -2.25. The van der Waals surface area contributed by atoms with Crippen molar-refractivity contribution < 1.29 is 42.9 Å². The van der Waals surface area contributed by atoms with Gasteiger partial charge in [-0.1, -0.05) is 29.7 Å². The first-order valence-corrected chi connectivity index (χ1v) is 8.26. The smallest absolute Gasteiger partial charge is 0.344 e. The normalized spacial score (nSPS) is 23.1. The van der Waals surface area contributed by atoms with E-state index in [1.54, 1.807) is 13.8 Å². The molecular weight excluding hydrogens is 384 g/mol. The van der Waals surface area contributed by atoms with Crippen LogP contribution in [0, 0.1) is 11.8 Å². The molecule has 4 unspecified atom stereocenters. The summed E-state index contributed by atoms with van der Waals surface area (Å²) in [6.45, 7) is 2.62. The number of carbonyl (C=O) groups excluding carboxylic acids is 4. The van der Waals surface area contributed by atoms with Crippen LogP contribution >= 0.6 is 0 Å². The monoisotopic (exact) mass is 422 g/mol. The maximum atomic E-state index is 12.2. The molecule has 2 rings (SSSR count). The Balaban J connectivity index is -0.00000169. The van der Waals surface area contributed by atoms with E-state index in [1.807, 2.05) is 0 Å². The Labute approximate surface area is 174 Å². The van der Waals surface area contributed by atoms with Gasteiger partial charge in [-0.05, 0) is 26.7 Å². The third-order valence-corrected chi connectivity index (χ3v) is 4.03. The van der Waals surface area contributed by atoms with Crippen LogP contribution < -0.4 is 0 Å². The summed E-state index contributed by atoms with van der Waals surface area (Å²) in [5, 5.41) is 0. The summed E-state index contributed by atoms with van der Waals surface area (Å²) in [7, 11) is 0. The number of rotatable bonds is 8. The van der Waals surface area contributed by atoms with Crippen LogP contribution in [-0.4, -0.2) is 62.5 Å². The molecule has 2 fully saturated rings. The minimum atomic E-state index is -0.784. The fourth-order valence-electron chi connectivity index (χ4n) is 2.82.